The summed E-state index contributed by atoms with van der Waals surface area (Å²) in [6.07, 6.45) is 8.39. The molecule has 0 unspecified atom stereocenters. The molecule has 4 heterocycles. The molecule has 4 rings (SSSR count). The second kappa shape index (κ2) is 7.72. The lowest BCUT2D eigenvalue weighted by Gasteiger charge is -2.28. The molecular weight excluding hydrogens is 356 g/mol. The second-order valence-corrected chi connectivity index (χ2v) is 8.38. The van der Waals surface area contributed by atoms with E-state index < -0.39 is 5.41 Å². The van der Waals surface area contributed by atoms with Crippen molar-refractivity contribution in [3.63, 3.8) is 0 Å². The van der Waals surface area contributed by atoms with Gasteiger partial charge in [-0.3, -0.25) is 9.69 Å². The second-order valence-electron chi connectivity index (χ2n) is 8.38. The highest BCUT2D eigenvalue weighted by atomic mass is 16.5. The van der Waals surface area contributed by atoms with Gasteiger partial charge in [0.15, 0.2) is 0 Å². The van der Waals surface area contributed by atoms with Gasteiger partial charge in [0.05, 0.1) is 36.6 Å². The lowest BCUT2D eigenvalue weighted by Crippen LogP contribution is -2.40. The molecule has 2 aliphatic heterocycles. The van der Waals surface area contributed by atoms with Gasteiger partial charge in [-0.1, -0.05) is 0 Å². The molecule has 0 radical (unpaired) electrons. The first-order valence-corrected chi connectivity index (χ1v) is 10.1. The highest BCUT2D eigenvalue weighted by Gasteiger charge is 2.57. The van der Waals surface area contributed by atoms with Crippen LogP contribution in [0.4, 0.5) is 0 Å². The molecule has 2 fully saturated rings. The Balaban J connectivity index is 1.61. The molecule has 7 heteroatoms. The number of ether oxygens (including phenoxy) is 1. The first kappa shape index (κ1) is 19.2. The van der Waals surface area contributed by atoms with Crippen LogP contribution in [0.3, 0.4) is 0 Å². The zero-order valence-electron chi connectivity index (χ0n) is 17.0. The van der Waals surface area contributed by atoms with E-state index in [1.165, 1.54) is 0 Å². The molecule has 0 aliphatic carbocycles. The Bertz CT molecular complexity index is 800. The zero-order chi connectivity index (χ0) is 19.7. The number of imidazole rings is 1. The number of carbonyl (C=O) groups excluding carboxylic acids is 1. The predicted octanol–water partition coefficient (Wildman–Crippen LogP) is 2.52. The van der Waals surface area contributed by atoms with Crippen LogP contribution in [0.15, 0.2) is 35.5 Å². The number of likely N-dealkylation sites (tertiary alicyclic amines) is 2. The maximum absolute atomic E-state index is 13.5. The van der Waals surface area contributed by atoms with Crippen LogP contribution in [-0.2, 0) is 16.1 Å². The topological polar surface area (TPSA) is 63.7 Å². The molecule has 2 atom stereocenters. The van der Waals surface area contributed by atoms with Gasteiger partial charge in [-0.15, -0.1) is 0 Å². The van der Waals surface area contributed by atoms with Crippen LogP contribution in [0.5, 0.6) is 0 Å². The summed E-state index contributed by atoms with van der Waals surface area (Å²) in [5, 5.41) is 0. The molecule has 28 heavy (non-hydrogen) atoms. The highest BCUT2D eigenvalue weighted by Crippen LogP contribution is 2.49. The Morgan fingerprint density at radius 2 is 2.29 bits per heavy atom. The first-order chi connectivity index (χ1) is 13.5. The van der Waals surface area contributed by atoms with Crippen LogP contribution in [0.1, 0.15) is 43.5 Å². The van der Waals surface area contributed by atoms with Gasteiger partial charge in [0.2, 0.25) is 5.91 Å². The SMILES string of the molecule is COCCN1CC[C@@]2(CN(Cc3ccoc3)C[C@@H]2c2cn(C(C)C)cn2)C1=O. The van der Waals surface area contributed by atoms with Crippen molar-refractivity contribution < 1.29 is 13.9 Å². The summed E-state index contributed by atoms with van der Waals surface area (Å²) in [6, 6.07) is 2.35. The van der Waals surface area contributed by atoms with Crippen molar-refractivity contribution >= 4 is 5.91 Å². The van der Waals surface area contributed by atoms with Crippen LogP contribution in [0.25, 0.3) is 0 Å². The molecule has 1 spiro atoms. The normalized spacial score (nSPS) is 25.6. The fourth-order valence-corrected chi connectivity index (χ4v) is 4.70. The minimum Gasteiger partial charge on any atom is -0.472 e. The molecule has 0 N–H and O–H groups in total. The van der Waals surface area contributed by atoms with Gasteiger partial charge >= 0.3 is 0 Å². The third-order valence-corrected chi connectivity index (χ3v) is 6.28. The van der Waals surface area contributed by atoms with Gasteiger partial charge in [0.1, 0.15) is 0 Å². The number of hydrogen-bond donors (Lipinski definition) is 0. The number of nitrogens with zero attached hydrogens (tertiary/aromatic N) is 4. The van der Waals surface area contributed by atoms with Crippen molar-refractivity contribution in [2.24, 2.45) is 5.41 Å². The van der Waals surface area contributed by atoms with E-state index in [4.69, 9.17) is 14.1 Å². The van der Waals surface area contributed by atoms with E-state index in [-0.39, 0.29) is 11.8 Å². The largest absolute Gasteiger partial charge is 0.472 e. The summed E-state index contributed by atoms with van der Waals surface area (Å²) in [5.74, 6) is 0.364. The van der Waals surface area contributed by atoms with E-state index in [0.29, 0.717) is 19.2 Å². The summed E-state index contributed by atoms with van der Waals surface area (Å²) >= 11 is 0. The molecule has 0 bridgehead atoms. The van der Waals surface area contributed by atoms with Crippen LogP contribution >= 0.6 is 0 Å². The van der Waals surface area contributed by atoms with Crippen LogP contribution < -0.4 is 0 Å². The first-order valence-electron chi connectivity index (χ1n) is 10.1. The molecule has 7 nitrogen and oxygen atoms in total. The molecule has 2 aromatic heterocycles. The number of methoxy groups -OCH3 is 1. The minimum atomic E-state index is -0.395. The minimum absolute atomic E-state index is 0.111. The lowest BCUT2D eigenvalue weighted by molar-refractivity contribution is -0.136. The van der Waals surface area contributed by atoms with Crippen molar-refractivity contribution in [3.05, 3.63) is 42.4 Å². The van der Waals surface area contributed by atoms with E-state index in [0.717, 1.165) is 43.9 Å². The summed E-state index contributed by atoms with van der Waals surface area (Å²) in [7, 11) is 1.68. The fraction of sp³-hybridized carbons (Fsp3) is 0.619. The third kappa shape index (κ3) is 3.37. The summed E-state index contributed by atoms with van der Waals surface area (Å²) < 4.78 is 12.6. The fourth-order valence-electron chi connectivity index (χ4n) is 4.70. The van der Waals surface area contributed by atoms with Crippen molar-refractivity contribution in [1.29, 1.82) is 0 Å². The molecule has 0 saturated carbocycles. The van der Waals surface area contributed by atoms with Crippen molar-refractivity contribution in [3.8, 4) is 0 Å². The smallest absolute Gasteiger partial charge is 0.230 e. The molecule has 2 aromatic rings. The van der Waals surface area contributed by atoms with E-state index in [1.807, 2.05) is 17.3 Å². The highest BCUT2D eigenvalue weighted by molar-refractivity contribution is 5.86. The van der Waals surface area contributed by atoms with Gasteiger partial charge in [-0.25, -0.2) is 4.98 Å². The number of furan rings is 1. The number of carbonyl (C=O) groups is 1. The van der Waals surface area contributed by atoms with Crippen LogP contribution in [0, 0.1) is 5.41 Å². The quantitative estimate of drug-likeness (QED) is 0.732. The number of hydrogen-bond acceptors (Lipinski definition) is 5. The molecule has 0 aromatic carbocycles. The Morgan fingerprint density at radius 1 is 1.43 bits per heavy atom. The van der Waals surface area contributed by atoms with Crippen LogP contribution in [0.2, 0.25) is 0 Å². The monoisotopic (exact) mass is 386 g/mol. The maximum atomic E-state index is 13.5. The standard InChI is InChI=1S/C21H30N4O3/c1-16(2)25-12-19(22-15-25)18-11-23(10-17-4-8-28-13-17)14-21(18)5-6-24(20(21)26)7-9-27-3/h4,8,12-13,15-16,18H,5-7,9-11,14H2,1-3H3/t18-,21+/m1/s1. The number of amides is 1. The van der Waals surface area contributed by atoms with Crippen molar-refractivity contribution in [2.45, 2.75) is 38.8 Å². The van der Waals surface area contributed by atoms with Gasteiger partial charge in [-0.2, -0.15) is 0 Å². The van der Waals surface area contributed by atoms with Gasteiger partial charge in [0.25, 0.3) is 0 Å². The average Bonchev–Trinajstić information content (AvgIpc) is 3.44. The summed E-state index contributed by atoms with van der Waals surface area (Å²) in [5.41, 5.74) is 1.78. The van der Waals surface area contributed by atoms with E-state index in [9.17, 15) is 4.79 Å². The number of rotatable bonds is 7. The molecule has 152 valence electrons. The Morgan fingerprint density at radius 3 is 2.96 bits per heavy atom. The maximum Gasteiger partial charge on any atom is 0.230 e. The van der Waals surface area contributed by atoms with Crippen LogP contribution in [-0.4, -0.2) is 65.2 Å². The molecule has 2 saturated heterocycles. The van der Waals surface area contributed by atoms with Gasteiger partial charge in [-0.05, 0) is 26.3 Å². The van der Waals surface area contributed by atoms with Gasteiger partial charge in [0, 0.05) is 63.6 Å². The number of aromatic nitrogens is 2. The molecule has 1 amide bonds. The van der Waals surface area contributed by atoms with E-state index in [1.54, 1.807) is 19.6 Å². The van der Waals surface area contributed by atoms with Crippen molar-refractivity contribution in [2.75, 3.05) is 39.9 Å². The van der Waals surface area contributed by atoms with Gasteiger partial charge < -0.3 is 18.6 Å². The molecule has 2 aliphatic rings. The zero-order valence-corrected chi connectivity index (χ0v) is 17.0. The lowest BCUT2D eigenvalue weighted by atomic mass is 9.75. The summed E-state index contributed by atoms with van der Waals surface area (Å²) in [6.45, 7) is 8.72. The molecular formula is C21H30N4O3. The summed E-state index contributed by atoms with van der Waals surface area (Å²) in [4.78, 5) is 22.6. The van der Waals surface area contributed by atoms with E-state index >= 15 is 0 Å². The Labute approximate surface area is 166 Å². The Kier molecular flexibility index (Phi) is 5.29. The van der Waals surface area contributed by atoms with Crippen molar-refractivity contribution in [1.82, 2.24) is 19.4 Å². The average molecular weight is 386 g/mol. The Hall–Kier alpha value is -2.12. The predicted molar refractivity (Wildman–Crippen MR) is 105 cm³/mol. The van der Waals surface area contributed by atoms with E-state index in [2.05, 4.69) is 29.5 Å². The third-order valence-electron chi connectivity index (χ3n) is 6.28.